The first-order chi connectivity index (χ1) is 11.5. The lowest BCUT2D eigenvalue weighted by Crippen LogP contribution is -2.46. The molecule has 3 unspecified atom stereocenters. The van der Waals surface area contributed by atoms with Gasteiger partial charge in [-0.1, -0.05) is 46.5 Å². The van der Waals surface area contributed by atoms with Gasteiger partial charge in [0.1, 0.15) is 0 Å². The molecule has 4 fully saturated rings. The fourth-order valence-corrected chi connectivity index (χ4v) is 6.82. The number of hydrogen-bond donors (Lipinski definition) is 1. The van der Waals surface area contributed by atoms with Crippen molar-refractivity contribution in [3.05, 3.63) is 0 Å². The summed E-state index contributed by atoms with van der Waals surface area (Å²) in [5, 5.41) is 8.06. The summed E-state index contributed by atoms with van der Waals surface area (Å²) in [4.78, 5) is 0. The molecule has 0 radical (unpaired) electrons. The van der Waals surface area contributed by atoms with Crippen LogP contribution in [0.3, 0.4) is 0 Å². The average Bonchev–Trinajstić information content (AvgIpc) is 2.98. The minimum atomic E-state index is -0.167. The van der Waals surface area contributed by atoms with E-state index in [2.05, 4.69) is 6.92 Å². The summed E-state index contributed by atoms with van der Waals surface area (Å²) in [6.07, 6.45) is 17.1. The molecule has 24 heavy (non-hydrogen) atoms. The Bertz CT molecular complexity index is 366. The van der Waals surface area contributed by atoms with Crippen molar-refractivity contribution in [2.75, 3.05) is 0 Å². The molecule has 0 aromatic rings. The van der Waals surface area contributed by atoms with Crippen LogP contribution in [0.4, 0.5) is 0 Å². The Morgan fingerprint density at radius 2 is 1.46 bits per heavy atom. The van der Waals surface area contributed by atoms with Gasteiger partial charge in [0.25, 0.3) is 0 Å². The normalized spacial score (nSPS) is 43.4. The molecular weight excluding hydrogens is 292 g/mol. The molecule has 144 valence electrons. The maximum absolute atomic E-state index is 8.06. The number of aliphatic hydroxyl groups is 1. The van der Waals surface area contributed by atoms with E-state index in [0.29, 0.717) is 0 Å². The van der Waals surface area contributed by atoms with Gasteiger partial charge < -0.3 is 5.11 Å². The first-order valence-corrected chi connectivity index (χ1v) is 11.2. The van der Waals surface area contributed by atoms with E-state index in [0.717, 1.165) is 35.0 Å². The van der Waals surface area contributed by atoms with E-state index in [1.54, 1.807) is 84.5 Å². The molecule has 0 heterocycles. The van der Waals surface area contributed by atoms with E-state index in [9.17, 15) is 0 Å². The van der Waals surface area contributed by atoms with E-state index in [4.69, 9.17) is 5.11 Å². The molecule has 0 bridgehead atoms. The van der Waals surface area contributed by atoms with Gasteiger partial charge in [-0.25, -0.2) is 0 Å². The quantitative estimate of drug-likeness (QED) is 0.500. The van der Waals surface area contributed by atoms with Crippen LogP contribution in [-0.2, 0) is 0 Å². The summed E-state index contributed by atoms with van der Waals surface area (Å²) < 4.78 is 0. The van der Waals surface area contributed by atoms with Crippen LogP contribution in [0.5, 0.6) is 0 Å². The van der Waals surface area contributed by atoms with E-state index >= 15 is 0 Å². The van der Waals surface area contributed by atoms with Gasteiger partial charge in [0.05, 0.1) is 0 Å². The maximum Gasteiger partial charge on any atom is 0.0483 e. The molecule has 0 aromatic heterocycles. The smallest absolute Gasteiger partial charge is 0.0483 e. The Morgan fingerprint density at radius 1 is 0.792 bits per heavy atom. The zero-order valence-corrected chi connectivity index (χ0v) is 17.2. The Balaban J connectivity index is 0.000000398. The maximum atomic E-state index is 8.06. The topological polar surface area (TPSA) is 20.2 Å². The van der Waals surface area contributed by atoms with Crippen molar-refractivity contribution < 1.29 is 6.53 Å². The van der Waals surface area contributed by atoms with Crippen molar-refractivity contribution in [1.29, 1.82) is 0 Å². The monoisotopic (exact) mass is 338 g/mol. The molecule has 0 saturated heterocycles. The molecular formula is C23H46O. The zero-order valence-electron chi connectivity index (χ0n) is 17.2. The van der Waals surface area contributed by atoms with Crippen LogP contribution in [0.25, 0.3) is 0 Å². The van der Waals surface area contributed by atoms with Gasteiger partial charge in [0, 0.05) is 7.53 Å². The minimum absolute atomic E-state index is 0. The van der Waals surface area contributed by atoms with Crippen LogP contribution in [0.15, 0.2) is 0 Å². The Labute approximate surface area is 153 Å². The second-order valence-electron chi connectivity index (χ2n) is 9.40. The number of fused-ring (bicyclic) bond motifs is 5. The van der Waals surface area contributed by atoms with Crippen molar-refractivity contribution in [3.63, 3.8) is 0 Å². The molecule has 4 aliphatic rings. The Hall–Kier alpha value is -0.0400. The lowest BCUT2D eigenvalue weighted by molar-refractivity contribution is -0.0492. The molecule has 4 rings (SSSR count). The van der Waals surface area contributed by atoms with Crippen molar-refractivity contribution in [2.45, 2.75) is 111 Å². The Morgan fingerprint density at radius 3 is 2.17 bits per heavy atom. The summed E-state index contributed by atoms with van der Waals surface area (Å²) in [7, 11) is 0. The van der Waals surface area contributed by atoms with Crippen LogP contribution < -0.4 is 0 Å². The average molecular weight is 339 g/mol. The highest BCUT2D eigenvalue weighted by molar-refractivity contribution is 5.02. The van der Waals surface area contributed by atoms with E-state index in [1.165, 1.54) is 0 Å². The molecule has 1 heteroatoms. The number of aliphatic hydroxyl groups excluding tert-OH is 1. The highest BCUT2D eigenvalue weighted by Gasteiger charge is 2.52. The third kappa shape index (κ3) is 4.37. The zero-order chi connectivity index (χ0) is 17.7. The molecule has 4 aliphatic carbocycles. The van der Waals surface area contributed by atoms with E-state index in [1.807, 2.05) is 13.8 Å². The van der Waals surface area contributed by atoms with Gasteiger partial charge in [0.2, 0.25) is 0 Å². The fraction of sp³-hybridized carbons (Fsp3) is 1.00. The van der Waals surface area contributed by atoms with Crippen LogP contribution in [0, 0.1) is 35.0 Å². The van der Waals surface area contributed by atoms with Crippen LogP contribution in [-0.4, -0.2) is 11.2 Å². The molecule has 1 nitrogen and oxygen atoms in total. The summed E-state index contributed by atoms with van der Waals surface area (Å²) in [6, 6.07) is 0. The highest BCUT2D eigenvalue weighted by atomic mass is 16.3. The lowest BCUT2D eigenvalue weighted by atomic mass is 9.51. The second-order valence-corrected chi connectivity index (χ2v) is 9.40. The van der Waals surface area contributed by atoms with Crippen molar-refractivity contribution >= 4 is 0 Å². The van der Waals surface area contributed by atoms with Crippen LogP contribution in [0.2, 0.25) is 0 Å². The largest absolute Gasteiger partial charge is 0.394 e. The fourth-order valence-electron chi connectivity index (χ4n) is 6.82. The van der Waals surface area contributed by atoms with Crippen molar-refractivity contribution in [3.8, 4) is 0 Å². The summed E-state index contributed by atoms with van der Waals surface area (Å²) in [5.41, 5.74) is 0.767. The predicted molar refractivity (Wildman–Crippen MR) is 107 cm³/mol. The number of hydrogen-bond acceptors (Lipinski definition) is 1. The van der Waals surface area contributed by atoms with E-state index < -0.39 is 0 Å². The van der Waals surface area contributed by atoms with Gasteiger partial charge in [0.15, 0.2) is 0 Å². The van der Waals surface area contributed by atoms with E-state index in [-0.39, 0.29) is 7.53 Å². The van der Waals surface area contributed by atoms with Gasteiger partial charge in [-0.05, 0) is 93.8 Å². The molecule has 1 N–H and O–H groups in total. The number of rotatable bonds is 0. The van der Waals surface area contributed by atoms with Crippen molar-refractivity contribution in [1.82, 2.24) is 0 Å². The molecule has 0 aliphatic heterocycles. The molecule has 0 spiro atoms. The predicted octanol–water partition coefficient (Wildman–Crippen LogP) is 7.08. The van der Waals surface area contributed by atoms with Gasteiger partial charge in [-0.3, -0.25) is 0 Å². The molecule has 6 atom stereocenters. The standard InChI is InChI=1S/C18H30.C3H8O.C2H6.H2/c1-18-11-4-7-17(18)16-9-8-13-5-2-3-6-14(13)15(16)10-12-18;1-3(2)4;1-2;/h13-17H,2-12H2,1H3;3-4H,1-2H3;1-2H3;1H/t13-,14?,15-,16?,17+,18?;;;/m1.../s1. The van der Waals surface area contributed by atoms with Gasteiger partial charge in [-0.15, -0.1) is 0 Å². The Kier molecular flexibility index (Phi) is 7.65. The third-order valence-corrected chi connectivity index (χ3v) is 7.66. The second kappa shape index (κ2) is 9.06. The van der Waals surface area contributed by atoms with Crippen LogP contribution >= 0.6 is 0 Å². The third-order valence-electron chi connectivity index (χ3n) is 7.66. The highest BCUT2D eigenvalue weighted by Crippen LogP contribution is 2.62. The molecule has 0 aromatic carbocycles. The van der Waals surface area contributed by atoms with Gasteiger partial charge >= 0.3 is 0 Å². The van der Waals surface area contributed by atoms with Gasteiger partial charge in [-0.2, -0.15) is 0 Å². The summed E-state index contributed by atoms with van der Waals surface area (Å²) in [5.74, 6) is 5.72. The summed E-state index contributed by atoms with van der Waals surface area (Å²) >= 11 is 0. The SMILES string of the molecule is CC.CC(C)O.CC12CCC[C@H]1C1CC[C@H]3CCCCC3[C@H]1CC2.[HH]. The molecule has 0 amide bonds. The first kappa shape index (κ1) is 20.3. The summed E-state index contributed by atoms with van der Waals surface area (Å²) in [6.45, 7) is 10.1. The first-order valence-electron chi connectivity index (χ1n) is 11.2. The van der Waals surface area contributed by atoms with Crippen LogP contribution in [0.1, 0.15) is 107 Å². The lowest BCUT2D eigenvalue weighted by Gasteiger charge is -2.54. The molecule has 4 saturated carbocycles. The van der Waals surface area contributed by atoms with Crippen molar-refractivity contribution in [2.24, 2.45) is 35.0 Å². The minimum Gasteiger partial charge on any atom is -0.394 e.